The van der Waals surface area contributed by atoms with Gasteiger partial charge < -0.3 is 19.7 Å². The standard InChI is InChI=1S/C18H21N3O4S/c1-3-25-18(23)15-12(2)11-14(26-15)20-17(22)13-5-4-6-19-16(13)21-7-9-24-10-8-21/h4-6,11H,3,7-10H2,1-2H3,(H,20,22). The number of carbonyl (C=O) groups excluding carboxylic acids is 2. The first-order valence-electron chi connectivity index (χ1n) is 8.46. The number of aromatic nitrogens is 1. The van der Waals surface area contributed by atoms with Crippen LogP contribution in [0.2, 0.25) is 0 Å². The van der Waals surface area contributed by atoms with Gasteiger partial charge in [-0.1, -0.05) is 0 Å². The summed E-state index contributed by atoms with van der Waals surface area (Å²) in [5.41, 5.74) is 1.28. The van der Waals surface area contributed by atoms with E-state index in [9.17, 15) is 9.59 Å². The van der Waals surface area contributed by atoms with Crippen molar-refractivity contribution in [1.29, 1.82) is 0 Å². The predicted octanol–water partition coefficient (Wildman–Crippen LogP) is 2.72. The van der Waals surface area contributed by atoms with E-state index in [0.717, 1.165) is 5.56 Å². The van der Waals surface area contributed by atoms with Crippen LogP contribution in [0.15, 0.2) is 24.4 Å². The quantitative estimate of drug-likeness (QED) is 0.810. The molecule has 0 unspecified atom stereocenters. The van der Waals surface area contributed by atoms with Crippen molar-refractivity contribution in [2.24, 2.45) is 0 Å². The van der Waals surface area contributed by atoms with E-state index >= 15 is 0 Å². The SMILES string of the molecule is CCOC(=O)c1sc(NC(=O)c2cccnc2N2CCOCC2)cc1C. The minimum Gasteiger partial charge on any atom is -0.462 e. The van der Waals surface area contributed by atoms with Crippen molar-refractivity contribution in [2.45, 2.75) is 13.8 Å². The number of morpholine rings is 1. The average molecular weight is 375 g/mol. The van der Waals surface area contributed by atoms with Crippen LogP contribution in [0.3, 0.4) is 0 Å². The minimum absolute atomic E-state index is 0.253. The van der Waals surface area contributed by atoms with Crippen LogP contribution >= 0.6 is 11.3 Å². The molecular weight excluding hydrogens is 354 g/mol. The van der Waals surface area contributed by atoms with Crippen molar-refractivity contribution in [3.63, 3.8) is 0 Å². The van der Waals surface area contributed by atoms with Gasteiger partial charge >= 0.3 is 5.97 Å². The number of thiophene rings is 1. The zero-order chi connectivity index (χ0) is 18.5. The van der Waals surface area contributed by atoms with E-state index in [1.165, 1.54) is 11.3 Å². The van der Waals surface area contributed by atoms with Gasteiger partial charge in [0, 0.05) is 19.3 Å². The summed E-state index contributed by atoms with van der Waals surface area (Å²) in [6.07, 6.45) is 1.68. The summed E-state index contributed by atoms with van der Waals surface area (Å²) >= 11 is 1.21. The summed E-state index contributed by atoms with van der Waals surface area (Å²) in [4.78, 5) is 31.6. The fourth-order valence-electron chi connectivity index (χ4n) is 2.72. The van der Waals surface area contributed by atoms with Crippen molar-refractivity contribution >= 4 is 34.0 Å². The molecule has 0 bridgehead atoms. The highest BCUT2D eigenvalue weighted by Gasteiger charge is 2.21. The lowest BCUT2D eigenvalue weighted by Gasteiger charge is -2.29. The maximum absolute atomic E-state index is 12.8. The van der Waals surface area contributed by atoms with E-state index in [0.29, 0.717) is 54.2 Å². The van der Waals surface area contributed by atoms with E-state index in [2.05, 4.69) is 10.3 Å². The van der Waals surface area contributed by atoms with E-state index in [4.69, 9.17) is 9.47 Å². The highest BCUT2D eigenvalue weighted by atomic mass is 32.1. The molecule has 0 radical (unpaired) electrons. The number of amides is 1. The maximum atomic E-state index is 12.8. The molecule has 0 atom stereocenters. The van der Waals surface area contributed by atoms with Crippen LogP contribution in [0.4, 0.5) is 10.8 Å². The third-order valence-electron chi connectivity index (χ3n) is 3.96. The Morgan fingerprint density at radius 1 is 1.38 bits per heavy atom. The molecule has 1 saturated heterocycles. The number of hydrogen-bond acceptors (Lipinski definition) is 7. The number of nitrogens with one attached hydrogen (secondary N) is 1. The number of nitrogens with zero attached hydrogens (tertiary/aromatic N) is 2. The van der Waals surface area contributed by atoms with Gasteiger partial charge in [-0.15, -0.1) is 11.3 Å². The molecule has 7 nitrogen and oxygen atoms in total. The summed E-state index contributed by atoms with van der Waals surface area (Å²) in [5, 5.41) is 3.47. The summed E-state index contributed by atoms with van der Waals surface area (Å²) < 4.78 is 10.4. The van der Waals surface area contributed by atoms with E-state index < -0.39 is 0 Å². The molecule has 1 aliphatic heterocycles. The Bertz CT molecular complexity index is 799. The smallest absolute Gasteiger partial charge is 0.348 e. The first-order valence-corrected chi connectivity index (χ1v) is 9.28. The van der Waals surface area contributed by atoms with E-state index in [-0.39, 0.29) is 11.9 Å². The van der Waals surface area contributed by atoms with Crippen molar-refractivity contribution in [3.05, 3.63) is 40.4 Å². The predicted molar refractivity (Wildman–Crippen MR) is 100 cm³/mol. The lowest BCUT2D eigenvalue weighted by atomic mass is 10.2. The van der Waals surface area contributed by atoms with E-state index in [1.807, 2.05) is 11.8 Å². The Morgan fingerprint density at radius 3 is 2.88 bits per heavy atom. The molecule has 2 aromatic rings. The minimum atomic E-state index is -0.370. The summed E-state index contributed by atoms with van der Waals surface area (Å²) in [6.45, 7) is 6.53. The molecule has 1 N–H and O–H groups in total. The fourth-order valence-corrected chi connectivity index (χ4v) is 3.69. The number of anilines is 2. The number of aryl methyl sites for hydroxylation is 1. The van der Waals surface area contributed by atoms with Crippen LogP contribution in [-0.4, -0.2) is 49.8 Å². The molecule has 0 aromatic carbocycles. The molecule has 1 fully saturated rings. The average Bonchev–Trinajstić information content (AvgIpc) is 3.03. The van der Waals surface area contributed by atoms with Gasteiger partial charge in [0.25, 0.3) is 5.91 Å². The third-order valence-corrected chi connectivity index (χ3v) is 5.09. The third kappa shape index (κ3) is 4.03. The molecule has 3 rings (SSSR count). The summed E-state index contributed by atoms with van der Waals surface area (Å²) in [7, 11) is 0. The Kier molecular flexibility index (Phi) is 5.85. The van der Waals surface area contributed by atoms with Crippen molar-refractivity contribution in [1.82, 2.24) is 4.98 Å². The van der Waals surface area contributed by atoms with Gasteiger partial charge in [-0.25, -0.2) is 9.78 Å². The Hall–Kier alpha value is -2.45. The molecular formula is C18H21N3O4S. The number of hydrogen-bond donors (Lipinski definition) is 1. The van der Waals surface area contributed by atoms with Crippen LogP contribution in [0.1, 0.15) is 32.5 Å². The zero-order valence-electron chi connectivity index (χ0n) is 14.8. The van der Waals surface area contributed by atoms with Gasteiger partial charge in [-0.2, -0.15) is 0 Å². The van der Waals surface area contributed by atoms with Gasteiger partial charge in [-0.3, -0.25) is 4.79 Å². The largest absolute Gasteiger partial charge is 0.462 e. The highest BCUT2D eigenvalue weighted by Crippen LogP contribution is 2.28. The van der Waals surface area contributed by atoms with E-state index in [1.54, 1.807) is 31.3 Å². The lowest BCUT2D eigenvalue weighted by molar-refractivity contribution is 0.0531. The van der Waals surface area contributed by atoms with Gasteiger partial charge in [0.05, 0.1) is 30.4 Å². The topological polar surface area (TPSA) is 80.8 Å². The van der Waals surface area contributed by atoms with Gasteiger partial charge in [0.15, 0.2) is 0 Å². The van der Waals surface area contributed by atoms with Crippen LogP contribution in [0, 0.1) is 6.92 Å². The molecule has 2 aromatic heterocycles. The molecule has 1 amide bonds. The number of pyridine rings is 1. The second kappa shape index (κ2) is 8.29. The van der Waals surface area contributed by atoms with Crippen LogP contribution in [0.5, 0.6) is 0 Å². The van der Waals surface area contributed by atoms with Gasteiger partial charge in [0.2, 0.25) is 0 Å². The lowest BCUT2D eigenvalue weighted by Crippen LogP contribution is -2.38. The molecule has 26 heavy (non-hydrogen) atoms. The Labute approximate surface area is 155 Å². The molecule has 3 heterocycles. The molecule has 138 valence electrons. The number of carbonyl (C=O) groups is 2. The maximum Gasteiger partial charge on any atom is 0.348 e. The van der Waals surface area contributed by atoms with Gasteiger partial charge in [-0.05, 0) is 37.6 Å². The van der Waals surface area contributed by atoms with Crippen LogP contribution in [0.25, 0.3) is 0 Å². The second-order valence-electron chi connectivity index (χ2n) is 5.77. The molecule has 8 heteroatoms. The normalized spacial score (nSPS) is 14.2. The Balaban J connectivity index is 1.79. The monoisotopic (exact) mass is 375 g/mol. The molecule has 0 saturated carbocycles. The summed E-state index contributed by atoms with van der Waals surface area (Å²) in [6, 6.07) is 5.27. The van der Waals surface area contributed by atoms with Crippen molar-refractivity contribution in [2.75, 3.05) is 43.1 Å². The Morgan fingerprint density at radius 2 is 2.15 bits per heavy atom. The molecule has 0 aliphatic carbocycles. The number of rotatable bonds is 5. The zero-order valence-corrected chi connectivity index (χ0v) is 15.6. The fraction of sp³-hybridized carbons (Fsp3) is 0.389. The first-order chi connectivity index (χ1) is 12.6. The second-order valence-corrected chi connectivity index (χ2v) is 6.82. The number of ether oxygens (including phenoxy) is 2. The highest BCUT2D eigenvalue weighted by molar-refractivity contribution is 7.18. The van der Waals surface area contributed by atoms with Crippen LogP contribution < -0.4 is 10.2 Å². The first kappa shape index (κ1) is 18.3. The molecule has 0 spiro atoms. The van der Waals surface area contributed by atoms with Gasteiger partial charge in [0.1, 0.15) is 10.7 Å². The number of esters is 1. The molecule has 1 aliphatic rings. The van der Waals surface area contributed by atoms with Crippen molar-refractivity contribution < 1.29 is 19.1 Å². The van der Waals surface area contributed by atoms with Crippen molar-refractivity contribution in [3.8, 4) is 0 Å². The summed E-state index contributed by atoms with van der Waals surface area (Å²) in [5.74, 6) is 0.0225. The van der Waals surface area contributed by atoms with Crippen LogP contribution in [-0.2, 0) is 9.47 Å².